The number of hydrogen-bond acceptors (Lipinski definition) is 2. The number of likely N-dealkylation sites (N-methyl/N-ethyl adjacent to an activating group) is 1. The lowest BCUT2D eigenvalue weighted by Gasteiger charge is -2.18. The van der Waals surface area contributed by atoms with Gasteiger partial charge < -0.3 is 0 Å². The Bertz CT molecular complexity index is 187. The van der Waals surface area contributed by atoms with Crippen LogP contribution in [0.1, 0.15) is 40.5 Å². The highest BCUT2D eigenvalue weighted by Crippen LogP contribution is 2.17. The molecule has 0 spiro atoms. The number of carbonyl (C=O) groups is 1. The Kier molecular flexibility index (Phi) is 7.40. The van der Waals surface area contributed by atoms with Crippen molar-refractivity contribution in [3.05, 3.63) is 12.2 Å². The van der Waals surface area contributed by atoms with Crippen LogP contribution in [0.15, 0.2) is 12.2 Å². The molecule has 1 unspecified atom stereocenters. The molecule has 1 aliphatic heterocycles. The normalized spacial score (nSPS) is 22.1. The summed E-state index contributed by atoms with van der Waals surface area (Å²) in [6.45, 7) is 10.0. The highest BCUT2D eigenvalue weighted by molar-refractivity contribution is 5.87. The molecule has 1 aliphatic rings. The Balaban J connectivity index is 0.000000791. The minimum Gasteiger partial charge on any atom is -0.297 e. The first-order chi connectivity index (χ1) is 6.74. The summed E-state index contributed by atoms with van der Waals surface area (Å²) < 4.78 is 0. The SMILES string of the molecule is CC.CCN1CCCC1/C=C/C(C)=O. The van der Waals surface area contributed by atoms with Crippen molar-refractivity contribution in [1.29, 1.82) is 0 Å². The summed E-state index contributed by atoms with van der Waals surface area (Å²) in [6, 6.07) is 0.513. The zero-order valence-corrected chi connectivity index (χ0v) is 9.92. The maximum atomic E-state index is 10.7. The number of likely N-dealkylation sites (tertiary alicyclic amines) is 1. The van der Waals surface area contributed by atoms with Crippen LogP contribution >= 0.6 is 0 Å². The molecule has 2 heteroatoms. The predicted octanol–water partition coefficient (Wildman–Crippen LogP) is 2.64. The van der Waals surface area contributed by atoms with Gasteiger partial charge in [0.15, 0.2) is 5.78 Å². The van der Waals surface area contributed by atoms with E-state index in [-0.39, 0.29) is 5.78 Å². The Morgan fingerprint density at radius 3 is 2.64 bits per heavy atom. The van der Waals surface area contributed by atoms with Crippen LogP contribution in [-0.4, -0.2) is 29.8 Å². The van der Waals surface area contributed by atoms with Gasteiger partial charge in [-0.05, 0) is 38.9 Å². The highest BCUT2D eigenvalue weighted by atomic mass is 16.1. The molecule has 0 aromatic carbocycles. The Morgan fingerprint density at radius 2 is 2.14 bits per heavy atom. The number of hydrogen-bond donors (Lipinski definition) is 0. The minimum absolute atomic E-state index is 0.151. The number of ketones is 1. The average molecular weight is 197 g/mol. The molecule has 1 heterocycles. The summed E-state index contributed by atoms with van der Waals surface area (Å²) in [7, 11) is 0. The predicted molar refractivity (Wildman–Crippen MR) is 61.4 cm³/mol. The van der Waals surface area contributed by atoms with Crippen LogP contribution in [0.25, 0.3) is 0 Å². The van der Waals surface area contributed by atoms with Gasteiger partial charge in [-0.1, -0.05) is 26.8 Å². The highest BCUT2D eigenvalue weighted by Gasteiger charge is 2.19. The molecule has 0 saturated carbocycles. The molecule has 1 fully saturated rings. The molecular weight excluding hydrogens is 174 g/mol. The molecule has 1 saturated heterocycles. The molecule has 1 atom stereocenters. The van der Waals surface area contributed by atoms with E-state index in [9.17, 15) is 4.79 Å². The molecule has 0 aliphatic carbocycles. The van der Waals surface area contributed by atoms with Crippen molar-refractivity contribution in [2.45, 2.75) is 46.6 Å². The molecule has 2 nitrogen and oxygen atoms in total. The van der Waals surface area contributed by atoms with Crippen LogP contribution in [0.5, 0.6) is 0 Å². The molecule has 0 aromatic heterocycles. The third-order valence-corrected chi connectivity index (χ3v) is 2.37. The van der Waals surface area contributed by atoms with E-state index in [0.717, 1.165) is 6.54 Å². The van der Waals surface area contributed by atoms with Crippen LogP contribution in [0.3, 0.4) is 0 Å². The van der Waals surface area contributed by atoms with E-state index in [1.165, 1.54) is 19.4 Å². The third-order valence-electron chi connectivity index (χ3n) is 2.37. The maximum Gasteiger partial charge on any atom is 0.152 e. The van der Waals surface area contributed by atoms with Gasteiger partial charge in [-0.25, -0.2) is 0 Å². The van der Waals surface area contributed by atoms with Gasteiger partial charge in [0.1, 0.15) is 0 Å². The van der Waals surface area contributed by atoms with E-state index in [0.29, 0.717) is 6.04 Å². The van der Waals surface area contributed by atoms with E-state index in [1.54, 1.807) is 13.0 Å². The largest absolute Gasteiger partial charge is 0.297 e. The van der Waals surface area contributed by atoms with E-state index in [1.807, 2.05) is 19.9 Å². The van der Waals surface area contributed by atoms with Gasteiger partial charge in [0.25, 0.3) is 0 Å². The first-order valence-corrected chi connectivity index (χ1v) is 5.67. The lowest BCUT2D eigenvalue weighted by atomic mass is 10.2. The molecule has 0 amide bonds. The lowest BCUT2D eigenvalue weighted by Crippen LogP contribution is -2.27. The fourth-order valence-corrected chi connectivity index (χ4v) is 1.71. The summed E-state index contributed by atoms with van der Waals surface area (Å²) >= 11 is 0. The molecule has 0 bridgehead atoms. The Morgan fingerprint density at radius 1 is 1.50 bits per heavy atom. The van der Waals surface area contributed by atoms with Crippen molar-refractivity contribution >= 4 is 5.78 Å². The van der Waals surface area contributed by atoms with Gasteiger partial charge in [-0.15, -0.1) is 0 Å². The van der Waals surface area contributed by atoms with Crippen LogP contribution in [-0.2, 0) is 4.79 Å². The Labute approximate surface area is 88.0 Å². The molecule has 14 heavy (non-hydrogen) atoms. The maximum absolute atomic E-state index is 10.7. The summed E-state index contributed by atoms with van der Waals surface area (Å²) in [6.07, 6.45) is 6.20. The average Bonchev–Trinajstić information content (AvgIpc) is 2.65. The van der Waals surface area contributed by atoms with E-state index >= 15 is 0 Å². The monoisotopic (exact) mass is 197 g/mol. The van der Waals surface area contributed by atoms with Gasteiger partial charge in [0.2, 0.25) is 0 Å². The quantitative estimate of drug-likeness (QED) is 0.648. The van der Waals surface area contributed by atoms with Gasteiger partial charge >= 0.3 is 0 Å². The summed E-state index contributed by atoms with van der Waals surface area (Å²) in [5.41, 5.74) is 0. The summed E-state index contributed by atoms with van der Waals surface area (Å²) in [4.78, 5) is 13.1. The number of rotatable bonds is 3. The van der Waals surface area contributed by atoms with E-state index in [4.69, 9.17) is 0 Å². The van der Waals surface area contributed by atoms with Gasteiger partial charge in [0, 0.05) is 6.04 Å². The smallest absolute Gasteiger partial charge is 0.152 e. The van der Waals surface area contributed by atoms with Gasteiger partial charge in [-0.2, -0.15) is 0 Å². The van der Waals surface area contributed by atoms with Crippen molar-refractivity contribution in [1.82, 2.24) is 4.90 Å². The van der Waals surface area contributed by atoms with Crippen molar-refractivity contribution < 1.29 is 4.79 Å². The topological polar surface area (TPSA) is 20.3 Å². The van der Waals surface area contributed by atoms with Crippen LogP contribution in [0.2, 0.25) is 0 Å². The minimum atomic E-state index is 0.151. The van der Waals surface area contributed by atoms with E-state index < -0.39 is 0 Å². The van der Waals surface area contributed by atoms with Gasteiger partial charge in [-0.3, -0.25) is 9.69 Å². The third kappa shape index (κ3) is 4.56. The molecule has 1 rings (SSSR count). The standard InChI is InChI=1S/C10H17NO.C2H6/c1-3-11-8-4-5-10(11)7-6-9(2)12;1-2/h6-7,10H,3-5,8H2,1-2H3;1-2H3/b7-6+;. The molecule has 0 radical (unpaired) electrons. The van der Waals surface area contributed by atoms with Crippen molar-refractivity contribution in [3.8, 4) is 0 Å². The van der Waals surface area contributed by atoms with Crippen LogP contribution in [0.4, 0.5) is 0 Å². The molecular formula is C12H23NO. The zero-order chi connectivity index (χ0) is 11.0. The fourth-order valence-electron chi connectivity index (χ4n) is 1.71. The number of carbonyl (C=O) groups excluding carboxylic acids is 1. The van der Waals surface area contributed by atoms with Gasteiger partial charge in [0.05, 0.1) is 0 Å². The first kappa shape index (κ1) is 13.4. The summed E-state index contributed by atoms with van der Waals surface area (Å²) in [5.74, 6) is 0.151. The number of allylic oxidation sites excluding steroid dienone is 1. The second-order valence-electron chi connectivity index (χ2n) is 3.31. The first-order valence-electron chi connectivity index (χ1n) is 5.67. The zero-order valence-electron chi connectivity index (χ0n) is 9.92. The second kappa shape index (κ2) is 7.74. The van der Waals surface area contributed by atoms with Crippen LogP contribution in [0, 0.1) is 0 Å². The molecule has 0 N–H and O–H groups in total. The van der Waals surface area contributed by atoms with E-state index in [2.05, 4.69) is 11.8 Å². The Hall–Kier alpha value is -0.630. The van der Waals surface area contributed by atoms with Crippen LogP contribution < -0.4 is 0 Å². The second-order valence-corrected chi connectivity index (χ2v) is 3.31. The molecule has 0 aromatic rings. The summed E-state index contributed by atoms with van der Waals surface area (Å²) in [5, 5.41) is 0. The lowest BCUT2D eigenvalue weighted by molar-refractivity contribution is -0.112. The number of nitrogens with zero attached hydrogens (tertiary/aromatic N) is 1. The van der Waals surface area contributed by atoms with Crippen molar-refractivity contribution in [3.63, 3.8) is 0 Å². The van der Waals surface area contributed by atoms with Crippen molar-refractivity contribution in [2.75, 3.05) is 13.1 Å². The van der Waals surface area contributed by atoms with Crippen molar-refractivity contribution in [2.24, 2.45) is 0 Å². The molecule has 82 valence electrons. The fraction of sp³-hybridized carbons (Fsp3) is 0.750.